The monoisotopic (exact) mass is 447 g/mol. The van der Waals surface area contributed by atoms with Gasteiger partial charge in [0.05, 0.1) is 12.2 Å². The number of carbonyl (C=O) groups is 1. The molecule has 1 fully saturated rings. The number of rotatable bonds is 5. The maximum Gasteiger partial charge on any atom is 0.276 e. The molecule has 172 valence electrons. The van der Waals surface area contributed by atoms with Gasteiger partial charge in [0.25, 0.3) is 5.91 Å². The molecule has 5 rings (SSSR count). The minimum absolute atomic E-state index is 0.127. The SMILES string of the molecule is Cc1cc(C(=O)N2CCOc3ccc(CN4CCN(Cc5ccccn5)CC4)cc3C2)no1. The Morgan fingerprint density at radius 1 is 1.00 bits per heavy atom. The van der Waals surface area contributed by atoms with E-state index in [2.05, 4.69) is 38.1 Å². The van der Waals surface area contributed by atoms with Crippen molar-refractivity contribution in [2.24, 2.45) is 0 Å². The summed E-state index contributed by atoms with van der Waals surface area (Å²) in [6, 6.07) is 14.1. The Hall–Kier alpha value is -3.23. The summed E-state index contributed by atoms with van der Waals surface area (Å²) in [7, 11) is 0. The van der Waals surface area contributed by atoms with Crippen molar-refractivity contribution in [3.8, 4) is 5.75 Å². The number of nitrogens with zero attached hydrogens (tertiary/aromatic N) is 5. The molecule has 8 nitrogen and oxygen atoms in total. The second kappa shape index (κ2) is 9.72. The first-order chi connectivity index (χ1) is 16.1. The van der Waals surface area contributed by atoms with E-state index >= 15 is 0 Å². The molecule has 2 aromatic heterocycles. The number of aryl methyl sites for hydroxylation is 1. The largest absolute Gasteiger partial charge is 0.491 e. The van der Waals surface area contributed by atoms with Crippen LogP contribution in [0.4, 0.5) is 0 Å². The lowest BCUT2D eigenvalue weighted by atomic mass is 10.1. The molecular formula is C25H29N5O3. The van der Waals surface area contributed by atoms with Crippen LogP contribution < -0.4 is 4.74 Å². The number of piperazine rings is 1. The van der Waals surface area contributed by atoms with Crippen LogP contribution in [0.15, 0.2) is 53.2 Å². The van der Waals surface area contributed by atoms with Crippen LogP contribution in [0.5, 0.6) is 5.75 Å². The standard InChI is InChI=1S/C25H29N5O3/c1-19-14-23(27-33-19)25(31)30-12-13-32-24-6-5-20(15-21(24)17-30)16-28-8-10-29(11-9-28)18-22-4-2-3-7-26-22/h2-7,14-15H,8-13,16-18H2,1H3. The summed E-state index contributed by atoms with van der Waals surface area (Å²) in [5, 5.41) is 3.88. The van der Waals surface area contributed by atoms with Gasteiger partial charge in [-0.1, -0.05) is 17.3 Å². The maximum atomic E-state index is 12.9. The van der Waals surface area contributed by atoms with Crippen LogP contribution in [0.1, 0.15) is 33.1 Å². The predicted molar refractivity (Wildman–Crippen MR) is 123 cm³/mol. The molecule has 0 unspecified atom stereocenters. The molecule has 1 saturated heterocycles. The Kier molecular flexibility index (Phi) is 6.37. The molecular weight excluding hydrogens is 418 g/mol. The van der Waals surface area contributed by atoms with E-state index in [9.17, 15) is 4.79 Å². The molecule has 2 aliphatic heterocycles. The number of carbonyl (C=O) groups excluding carboxylic acids is 1. The first kappa shape index (κ1) is 21.6. The number of pyridine rings is 1. The van der Waals surface area contributed by atoms with E-state index in [1.807, 2.05) is 24.4 Å². The fraction of sp³-hybridized carbons (Fsp3) is 0.400. The molecule has 0 radical (unpaired) electrons. The number of fused-ring (bicyclic) bond motifs is 1. The molecule has 2 aliphatic rings. The van der Waals surface area contributed by atoms with Gasteiger partial charge in [-0.25, -0.2) is 0 Å². The quantitative estimate of drug-likeness (QED) is 0.595. The van der Waals surface area contributed by atoms with Crippen LogP contribution in [0.2, 0.25) is 0 Å². The number of amides is 1. The highest BCUT2D eigenvalue weighted by Crippen LogP contribution is 2.26. The minimum Gasteiger partial charge on any atom is -0.491 e. The van der Waals surface area contributed by atoms with Crippen molar-refractivity contribution in [3.63, 3.8) is 0 Å². The van der Waals surface area contributed by atoms with Gasteiger partial charge >= 0.3 is 0 Å². The highest BCUT2D eigenvalue weighted by molar-refractivity contribution is 5.92. The molecule has 0 spiro atoms. The Morgan fingerprint density at radius 3 is 2.55 bits per heavy atom. The van der Waals surface area contributed by atoms with Gasteiger partial charge in [0.2, 0.25) is 0 Å². The van der Waals surface area contributed by atoms with Crippen molar-refractivity contribution < 1.29 is 14.1 Å². The van der Waals surface area contributed by atoms with E-state index in [1.165, 1.54) is 5.56 Å². The van der Waals surface area contributed by atoms with E-state index in [4.69, 9.17) is 9.26 Å². The molecule has 1 amide bonds. The lowest BCUT2D eigenvalue weighted by Gasteiger charge is -2.34. The molecule has 1 aromatic carbocycles. The van der Waals surface area contributed by atoms with Gasteiger partial charge in [0.1, 0.15) is 18.1 Å². The fourth-order valence-electron chi connectivity index (χ4n) is 4.43. The van der Waals surface area contributed by atoms with Crippen LogP contribution in [-0.2, 0) is 19.6 Å². The number of hydrogen-bond acceptors (Lipinski definition) is 7. The molecule has 0 aliphatic carbocycles. The Labute approximate surface area is 193 Å². The van der Waals surface area contributed by atoms with Crippen LogP contribution in [0, 0.1) is 6.92 Å². The summed E-state index contributed by atoms with van der Waals surface area (Å²) >= 11 is 0. The highest BCUT2D eigenvalue weighted by atomic mass is 16.5. The van der Waals surface area contributed by atoms with Crippen LogP contribution in [0.25, 0.3) is 0 Å². The first-order valence-electron chi connectivity index (χ1n) is 11.5. The maximum absolute atomic E-state index is 12.9. The molecule has 8 heteroatoms. The number of benzene rings is 1. The van der Waals surface area contributed by atoms with E-state index in [1.54, 1.807) is 17.9 Å². The lowest BCUT2D eigenvalue weighted by molar-refractivity contribution is 0.0722. The van der Waals surface area contributed by atoms with Crippen LogP contribution >= 0.6 is 0 Å². The van der Waals surface area contributed by atoms with Crippen molar-refractivity contribution >= 4 is 5.91 Å². The van der Waals surface area contributed by atoms with E-state index < -0.39 is 0 Å². The van der Waals surface area contributed by atoms with Gasteiger partial charge in [-0.15, -0.1) is 0 Å². The summed E-state index contributed by atoms with van der Waals surface area (Å²) in [6.07, 6.45) is 1.86. The number of aromatic nitrogens is 2. The van der Waals surface area contributed by atoms with Gasteiger partial charge in [0.15, 0.2) is 5.69 Å². The van der Waals surface area contributed by atoms with Crippen molar-refractivity contribution in [2.75, 3.05) is 39.3 Å². The van der Waals surface area contributed by atoms with Crippen molar-refractivity contribution in [3.05, 3.63) is 76.9 Å². The molecule has 3 aromatic rings. The summed E-state index contributed by atoms with van der Waals surface area (Å²) in [6.45, 7) is 9.18. The van der Waals surface area contributed by atoms with E-state index in [0.29, 0.717) is 31.2 Å². The summed E-state index contributed by atoms with van der Waals surface area (Å²) in [5.41, 5.74) is 3.74. The third kappa shape index (κ3) is 5.23. The molecule has 0 bridgehead atoms. The first-order valence-corrected chi connectivity index (χ1v) is 11.5. The second-order valence-corrected chi connectivity index (χ2v) is 8.71. The fourth-order valence-corrected chi connectivity index (χ4v) is 4.43. The molecule has 4 heterocycles. The number of hydrogen-bond donors (Lipinski definition) is 0. The summed E-state index contributed by atoms with van der Waals surface area (Å²) in [4.78, 5) is 24.0. The zero-order chi connectivity index (χ0) is 22.6. The van der Waals surface area contributed by atoms with Crippen LogP contribution in [0.3, 0.4) is 0 Å². The van der Waals surface area contributed by atoms with Crippen LogP contribution in [-0.4, -0.2) is 70.1 Å². The van der Waals surface area contributed by atoms with Gasteiger partial charge < -0.3 is 14.2 Å². The Bertz CT molecular complexity index is 1090. The topological polar surface area (TPSA) is 74.9 Å². The minimum atomic E-state index is -0.127. The van der Waals surface area contributed by atoms with E-state index in [0.717, 1.165) is 56.3 Å². The highest BCUT2D eigenvalue weighted by Gasteiger charge is 2.24. The second-order valence-electron chi connectivity index (χ2n) is 8.71. The Balaban J connectivity index is 1.20. The molecule has 0 atom stereocenters. The smallest absolute Gasteiger partial charge is 0.276 e. The normalized spacial score (nSPS) is 17.3. The van der Waals surface area contributed by atoms with Gasteiger partial charge in [-0.2, -0.15) is 0 Å². The third-order valence-electron chi connectivity index (χ3n) is 6.22. The van der Waals surface area contributed by atoms with Crippen molar-refractivity contribution in [2.45, 2.75) is 26.6 Å². The molecule has 33 heavy (non-hydrogen) atoms. The summed E-state index contributed by atoms with van der Waals surface area (Å²) < 4.78 is 11.0. The third-order valence-corrected chi connectivity index (χ3v) is 6.22. The zero-order valence-electron chi connectivity index (χ0n) is 18.9. The summed E-state index contributed by atoms with van der Waals surface area (Å²) in [5.74, 6) is 1.36. The average Bonchev–Trinajstić information content (AvgIpc) is 3.16. The Morgan fingerprint density at radius 2 is 1.82 bits per heavy atom. The van der Waals surface area contributed by atoms with E-state index in [-0.39, 0.29) is 5.91 Å². The zero-order valence-corrected chi connectivity index (χ0v) is 18.9. The lowest BCUT2D eigenvalue weighted by Crippen LogP contribution is -2.45. The average molecular weight is 448 g/mol. The van der Waals surface area contributed by atoms with Gasteiger partial charge in [-0.05, 0) is 36.8 Å². The molecule has 0 N–H and O–H groups in total. The van der Waals surface area contributed by atoms with Gasteiger partial charge in [-0.3, -0.25) is 19.6 Å². The molecule has 0 saturated carbocycles. The number of ether oxygens (including phenoxy) is 1. The van der Waals surface area contributed by atoms with Crippen molar-refractivity contribution in [1.29, 1.82) is 0 Å². The van der Waals surface area contributed by atoms with Crippen molar-refractivity contribution in [1.82, 2.24) is 24.8 Å². The predicted octanol–water partition coefficient (Wildman–Crippen LogP) is 2.73. The van der Waals surface area contributed by atoms with Gasteiger partial charge in [0, 0.05) is 63.6 Å².